The maximum Gasteiger partial charge on any atom is 0.330 e. The molecule has 0 N–H and O–H groups in total. The van der Waals surface area contributed by atoms with E-state index in [0.717, 1.165) is 14.4 Å². The second kappa shape index (κ2) is 10.3. The van der Waals surface area contributed by atoms with Crippen LogP contribution in [0.5, 0.6) is 0 Å². The third kappa shape index (κ3) is 7.59. The Morgan fingerprint density at radius 1 is 1.32 bits per heavy atom. The van der Waals surface area contributed by atoms with Gasteiger partial charge in [0.15, 0.2) is 8.68 Å². The molecule has 0 radical (unpaired) electrons. The highest BCUT2D eigenvalue weighted by Gasteiger charge is 2.05. The van der Waals surface area contributed by atoms with Crippen LogP contribution in [0.15, 0.2) is 21.3 Å². The van der Waals surface area contributed by atoms with Crippen LogP contribution in [0.3, 0.4) is 0 Å². The first kappa shape index (κ1) is 16.5. The van der Waals surface area contributed by atoms with E-state index in [1.165, 1.54) is 25.3 Å². The van der Waals surface area contributed by atoms with Crippen molar-refractivity contribution in [3.63, 3.8) is 0 Å². The normalized spacial score (nSPS) is 10.4. The van der Waals surface area contributed by atoms with E-state index in [1.54, 1.807) is 34.9 Å². The molecular formula is C12H18N2O2S3. The average molecular weight is 318 g/mol. The quantitative estimate of drug-likeness (QED) is 0.284. The number of carbonyl (C=O) groups excluding carboxylic acids is 1. The van der Waals surface area contributed by atoms with Crippen molar-refractivity contribution in [2.24, 2.45) is 0 Å². The number of nitrogens with zero attached hydrogens (tertiary/aromatic N) is 2. The fourth-order valence-corrected chi connectivity index (χ4v) is 4.13. The Hall–Kier alpha value is -0.530. The van der Waals surface area contributed by atoms with Gasteiger partial charge in [-0.05, 0) is 6.42 Å². The lowest BCUT2D eigenvalue weighted by Gasteiger charge is -1.98. The third-order valence-electron chi connectivity index (χ3n) is 2.08. The van der Waals surface area contributed by atoms with Crippen LogP contribution in [0.4, 0.5) is 0 Å². The second-order valence-electron chi connectivity index (χ2n) is 3.61. The first-order chi connectivity index (χ1) is 9.26. The Bertz CT molecular complexity index is 396. The molecule has 0 amide bonds. The molecule has 0 unspecified atom stereocenters. The van der Waals surface area contributed by atoms with Gasteiger partial charge in [0.05, 0.1) is 0 Å². The van der Waals surface area contributed by atoms with Crippen molar-refractivity contribution in [2.75, 3.05) is 18.1 Å². The van der Waals surface area contributed by atoms with Gasteiger partial charge in [0.25, 0.3) is 0 Å². The molecule has 0 aliphatic rings. The molecule has 0 aromatic carbocycles. The summed E-state index contributed by atoms with van der Waals surface area (Å²) in [7, 11) is 0. The van der Waals surface area contributed by atoms with Crippen LogP contribution in [0.2, 0.25) is 0 Å². The number of esters is 1. The van der Waals surface area contributed by atoms with Crippen LogP contribution in [-0.2, 0) is 9.53 Å². The first-order valence-electron chi connectivity index (χ1n) is 6.14. The number of aromatic nitrogens is 2. The first-order valence-corrected chi connectivity index (χ1v) is 8.93. The lowest BCUT2D eigenvalue weighted by atomic mass is 10.3. The van der Waals surface area contributed by atoms with E-state index < -0.39 is 0 Å². The highest BCUT2D eigenvalue weighted by atomic mass is 32.2. The lowest BCUT2D eigenvalue weighted by molar-refractivity contribution is -0.137. The van der Waals surface area contributed by atoms with Gasteiger partial charge in [0.2, 0.25) is 0 Å². The Balaban J connectivity index is 2.15. The molecule has 19 heavy (non-hydrogen) atoms. The molecular weight excluding hydrogens is 300 g/mol. The van der Waals surface area contributed by atoms with E-state index in [9.17, 15) is 4.79 Å². The van der Waals surface area contributed by atoms with Crippen LogP contribution in [0, 0.1) is 0 Å². The molecule has 0 saturated carbocycles. The van der Waals surface area contributed by atoms with Crippen LogP contribution in [0.1, 0.15) is 26.2 Å². The van der Waals surface area contributed by atoms with Gasteiger partial charge in [-0.2, -0.15) is 0 Å². The summed E-state index contributed by atoms with van der Waals surface area (Å²) in [6.07, 6.45) is 4.89. The summed E-state index contributed by atoms with van der Waals surface area (Å²) in [6.45, 7) is 5.91. The average Bonchev–Trinajstić information content (AvgIpc) is 2.87. The zero-order chi connectivity index (χ0) is 13.9. The molecule has 0 fully saturated rings. The molecule has 7 heteroatoms. The summed E-state index contributed by atoms with van der Waals surface area (Å²) >= 11 is 4.92. The maximum atomic E-state index is 10.8. The Labute approximate surface area is 126 Å². The van der Waals surface area contributed by atoms with Gasteiger partial charge in [-0.15, -0.1) is 10.2 Å². The number of hydrogen-bond donors (Lipinski definition) is 0. The second-order valence-corrected chi connectivity index (χ2v) is 7.27. The predicted octanol–water partition coefficient (Wildman–Crippen LogP) is 3.64. The summed E-state index contributed by atoms with van der Waals surface area (Å²) < 4.78 is 6.82. The van der Waals surface area contributed by atoms with Crippen molar-refractivity contribution in [1.29, 1.82) is 0 Å². The van der Waals surface area contributed by atoms with Crippen LogP contribution >= 0.6 is 34.9 Å². The van der Waals surface area contributed by atoms with E-state index in [-0.39, 0.29) is 5.97 Å². The SMILES string of the molecule is C=CC(=O)OCCSc1nnc(SCCCCC)s1. The zero-order valence-corrected chi connectivity index (χ0v) is 13.4. The summed E-state index contributed by atoms with van der Waals surface area (Å²) in [5.41, 5.74) is 0. The number of ether oxygens (including phenoxy) is 1. The van der Waals surface area contributed by atoms with Gasteiger partial charge in [0.1, 0.15) is 6.61 Å². The Morgan fingerprint density at radius 3 is 2.63 bits per heavy atom. The fourth-order valence-electron chi connectivity index (χ4n) is 1.16. The molecule has 0 atom stereocenters. The Morgan fingerprint density at radius 2 is 2.00 bits per heavy atom. The van der Waals surface area contributed by atoms with Gasteiger partial charge in [-0.25, -0.2) is 4.79 Å². The van der Waals surface area contributed by atoms with E-state index >= 15 is 0 Å². The van der Waals surface area contributed by atoms with Gasteiger partial charge in [0, 0.05) is 17.6 Å². The van der Waals surface area contributed by atoms with Crippen molar-refractivity contribution in [3.8, 4) is 0 Å². The monoisotopic (exact) mass is 318 g/mol. The van der Waals surface area contributed by atoms with Crippen LogP contribution in [0.25, 0.3) is 0 Å². The minimum absolute atomic E-state index is 0.369. The van der Waals surface area contributed by atoms with Crippen LogP contribution < -0.4 is 0 Å². The minimum Gasteiger partial charge on any atom is -0.462 e. The summed E-state index contributed by atoms with van der Waals surface area (Å²) in [5, 5.41) is 8.23. The fraction of sp³-hybridized carbons (Fsp3) is 0.583. The molecule has 0 bridgehead atoms. The van der Waals surface area contributed by atoms with Crippen molar-refractivity contribution in [2.45, 2.75) is 34.9 Å². The van der Waals surface area contributed by atoms with Gasteiger partial charge >= 0.3 is 5.97 Å². The van der Waals surface area contributed by atoms with E-state index in [1.807, 2.05) is 0 Å². The number of carbonyl (C=O) groups is 1. The van der Waals surface area contributed by atoms with Crippen molar-refractivity contribution >= 4 is 40.8 Å². The van der Waals surface area contributed by atoms with Crippen LogP contribution in [-0.4, -0.2) is 34.3 Å². The summed E-state index contributed by atoms with van der Waals surface area (Å²) in [6, 6.07) is 0. The van der Waals surface area contributed by atoms with Gasteiger partial charge in [-0.3, -0.25) is 0 Å². The lowest BCUT2D eigenvalue weighted by Crippen LogP contribution is -2.03. The third-order valence-corrected chi connectivity index (χ3v) is 5.32. The summed E-state index contributed by atoms with van der Waals surface area (Å²) in [4.78, 5) is 10.8. The molecule has 0 saturated heterocycles. The zero-order valence-electron chi connectivity index (χ0n) is 11.0. The predicted molar refractivity (Wildman–Crippen MR) is 82.0 cm³/mol. The van der Waals surface area contributed by atoms with Crippen molar-refractivity contribution in [3.05, 3.63) is 12.7 Å². The molecule has 1 rings (SSSR count). The van der Waals surface area contributed by atoms with Crippen molar-refractivity contribution < 1.29 is 9.53 Å². The highest BCUT2D eigenvalue weighted by Crippen LogP contribution is 2.29. The largest absolute Gasteiger partial charge is 0.462 e. The molecule has 0 spiro atoms. The number of hydrogen-bond acceptors (Lipinski definition) is 7. The van der Waals surface area contributed by atoms with E-state index in [4.69, 9.17) is 4.74 Å². The standard InChI is InChI=1S/C12H18N2O2S3/c1-3-5-6-8-17-11-13-14-12(19-11)18-9-7-16-10(15)4-2/h4H,2-3,5-9H2,1H3. The molecule has 1 aromatic rings. The van der Waals surface area contributed by atoms with Gasteiger partial charge < -0.3 is 4.74 Å². The topological polar surface area (TPSA) is 52.1 Å². The molecule has 4 nitrogen and oxygen atoms in total. The van der Waals surface area contributed by atoms with Gasteiger partial charge in [-0.1, -0.05) is 61.2 Å². The smallest absolute Gasteiger partial charge is 0.330 e. The molecule has 1 aromatic heterocycles. The number of unbranched alkanes of at least 4 members (excludes halogenated alkanes) is 2. The Kier molecular flexibility index (Phi) is 8.94. The summed E-state index contributed by atoms with van der Waals surface area (Å²) in [5.74, 6) is 1.41. The minimum atomic E-state index is -0.384. The van der Waals surface area contributed by atoms with Crippen molar-refractivity contribution in [1.82, 2.24) is 10.2 Å². The van der Waals surface area contributed by atoms with E-state index in [2.05, 4.69) is 23.7 Å². The molecule has 1 heterocycles. The maximum absolute atomic E-state index is 10.8. The van der Waals surface area contributed by atoms with E-state index in [0.29, 0.717) is 12.4 Å². The highest BCUT2D eigenvalue weighted by molar-refractivity contribution is 8.03. The molecule has 0 aliphatic heterocycles. The number of rotatable bonds is 10. The molecule has 0 aliphatic carbocycles. The molecule has 106 valence electrons. The number of thioether (sulfide) groups is 2.